The number of aromatic nitrogens is 2. The van der Waals surface area contributed by atoms with E-state index in [4.69, 9.17) is 21.8 Å². The number of halogens is 2. The van der Waals surface area contributed by atoms with E-state index in [1.54, 1.807) is 21.1 Å². The van der Waals surface area contributed by atoms with Crippen LogP contribution in [0.3, 0.4) is 0 Å². The summed E-state index contributed by atoms with van der Waals surface area (Å²) in [6.07, 6.45) is 7.01. The summed E-state index contributed by atoms with van der Waals surface area (Å²) in [6.45, 7) is 29.9. The van der Waals surface area contributed by atoms with Crippen LogP contribution in [0, 0.1) is 13.8 Å². The summed E-state index contributed by atoms with van der Waals surface area (Å²) < 4.78 is 11.7. The van der Waals surface area contributed by atoms with Crippen LogP contribution in [0.15, 0.2) is 84.9 Å². The Kier molecular flexibility index (Phi) is 13.5. The first-order valence-electron chi connectivity index (χ1n) is 22.1. The van der Waals surface area contributed by atoms with Crippen molar-refractivity contribution in [1.29, 1.82) is 0 Å². The first-order chi connectivity index (χ1) is 28.3. The SMILES string of the molecule is Cc1ccc2c(c1)c1c(c3ccccc3[c-]1[Si](C)(CCCCCCOC(C)(C)C)[c-]1c3ccccc3c3c1c1cc(C)ccc1n3C[Si](C)(C)C)n2C[Si](C)(C)C.[Cl][Zr+2][Cl]. The van der Waals surface area contributed by atoms with E-state index in [1.165, 1.54) is 90.8 Å². The van der Waals surface area contributed by atoms with Gasteiger partial charge >= 0.3 is 37.9 Å². The third-order valence-electron chi connectivity index (χ3n) is 12.3. The van der Waals surface area contributed by atoms with Crippen LogP contribution in [0.5, 0.6) is 0 Å². The zero-order valence-corrected chi connectivity index (χ0v) is 45.3. The molecule has 0 spiro atoms. The van der Waals surface area contributed by atoms with E-state index < -0.39 is 45.1 Å². The molecule has 0 bridgehead atoms. The zero-order chi connectivity index (χ0) is 43.4. The first kappa shape index (κ1) is 45.8. The van der Waals surface area contributed by atoms with Gasteiger partial charge in [-0.05, 0) is 64.2 Å². The Labute approximate surface area is 381 Å². The van der Waals surface area contributed by atoms with Gasteiger partial charge < -0.3 is 13.9 Å². The van der Waals surface area contributed by atoms with Crippen molar-refractivity contribution in [2.24, 2.45) is 0 Å². The topological polar surface area (TPSA) is 19.1 Å². The molecule has 0 radical (unpaired) electrons. The molecule has 8 rings (SSSR count). The van der Waals surface area contributed by atoms with E-state index in [2.05, 4.69) is 175 Å². The van der Waals surface area contributed by atoms with Crippen molar-refractivity contribution in [2.75, 3.05) is 6.61 Å². The van der Waals surface area contributed by atoms with Gasteiger partial charge in [-0.15, -0.1) is 33.3 Å². The molecular weight excluding hydrogens is 903 g/mol. The van der Waals surface area contributed by atoms with Gasteiger partial charge in [-0.1, -0.05) is 175 Å². The summed E-state index contributed by atoms with van der Waals surface area (Å²) in [5.74, 6) is 0. The van der Waals surface area contributed by atoms with Crippen molar-refractivity contribution in [3.05, 3.63) is 96.1 Å². The predicted octanol–water partition coefficient (Wildman–Crippen LogP) is 15.0. The fourth-order valence-corrected chi connectivity index (χ4v) is 17.7. The number of ether oxygens (including phenoxy) is 1. The second kappa shape index (κ2) is 17.7. The Morgan fingerprint density at radius 2 is 1.00 bits per heavy atom. The molecule has 2 aromatic heterocycles. The molecule has 0 saturated heterocycles. The molecule has 8 aromatic rings. The summed E-state index contributed by atoms with van der Waals surface area (Å²) in [5, 5.41) is 15.2. The van der Waals surface area contributed by atoms with E-state index >= 15 is 0 Å². The minimum absolute atomic E-state index is 0.0834. The molecule has 0 amide bonds. The minimum atomic E-state index is -2.55. The van der Waals surface area contributed by atoms with E-state index in [-0.39, 0.29) is 5.60 Å². The molecule has 0 N–H and O–H groups in total. The zero-order valence-electron chi connectivity index (χ0n) is 38.3. The fourth-order valence-electron chi connectivity index (χ4n) is 10.2. The third kappa shape index (κ3) is 9.08. The van der Waals surface area contributed by atoms with Gasteiger partial charge in [0.1, 0.15) is 0 Å². The number of rotatable bonds is 13. The van der Waals surface area contributed by atoms with Crippen molar-refractivity contribution in [2.45, 2.75) is 130 Å². The monoisotopic (exact) mass is 966 g/mol. The van der Waals surface area contributed by atoms with E-state index in [0.29, 0.717) is 0 Å². The van der Waals surface area contributed by atoms with Gasteiger partial charge in [0, 0.05) is 38.1 Å². The van der Waals surface area contributed by atoms with Crippen LogP contribution >= 0.6 is 17.0 Å². The van der Waals surface area contributed by atoms with Crippen LogP contribution in [0.25, 0.3) is 65.2 Å². The van der Waals surface area contributed by atoms with Crippen LogP contribution in [-0.4, -0.2) is 45.6 Å². The van der Waals surface area contributed by atoms with E-state index in [1.807, 2.05) is 0 Å². The maximum atomic E-state index is 6.17. The number of hydrogen-bond acceptors (Lipinski definition) is 1. The second-order valence-electron chi connectivity index (χ2n) is 21.2. The van der Waals surface area contributed by atoms with Crippen molar-refractivity contribution in [3.63, 3.8) is 0 Å². The number of hydrogen-bond donors (Lipinski definition) is 0. The van der Waals surface area contributed by atoms with Crippen LogP contribution in [0.2, 0.25) is 51.9 Å². The van der Waals surface area contributed by atoms with Gasteiger partial charge in [0.2, 0.25) is 0 Å². The summed E-state index contributed by atoms with van der Waals surface area (Å²) in [7, 11) is 4.33. The van der Waals surface area contributed by atoms with Crippen molar-refractivity contribution in [3.8, 4) is 0 Å². The Hall–Kier alpha value is -2.23. The number of aryl methyl sites for hydroxylation is 2. The number of unbranched alkanes of at least 4 members (excludes halogenated alkanes) is 3. The predicted molar refractivity (Wildman–Crippen MR) is 273 cm³/mol. The van der Waals surface area contributed by atoms with Gasteiger partial charge in [0.15, 0.2) is 0 Å². The quantitative estimate of drug-likeness (QED) is 0.0640. The Morgan fingerprint density at radius 1 is 0.583 bits per heavy atom. The molecule has 0 atom stereocenters. The number of nitrogens with zero attached hydrogens (tertiary/aromatic N) is 2. The van der Waals surface area contributed by atoms with E-state index in [9.17, 15) is 0 Å². The van der Waals surface area contributed by atoms with E-state index in [0.717, 1.165) is 25.4 Å². The van der Waals surface area contributed by atoms with Crippen molar-refractivity contribution in [1.82, 2.24) is 9.13 Å². The number of benzene rings is 4. The molecule has 6 aromatic carbocycles. The average molecular weight is 969 g/mol. The summed E-state index contributed by atoms with van der Waals surface area (Å²) in [4.78, 5) is 0. The molecule has 2 heterocycles. The van der Waals surface area contributed by atoms with Crippen molar-refractivity contribution >= 4 is 117 Å². The summed E-state index contributed by atoms with van der Waals surface area (Å²) in [6, 6.07) is 34.9. The molecule has 0 unspecified atom stereocenters. The van der Waals surface area contributed by atoms with Crippen LogP contribution in [-0.2, 0) is 37.9 Å². The fraction of sp³-hybridized carbons (Fsp3) is 0.412. The third-order valence-corrected chi connectivity index (χ3v) is 19.4. The van der Waals surface area contributed by atoms with Gasteiger partial charge in [-0.2, -0.15) is 0 Å². The van der Waals surface area contributed by atoms with Crippen LogP contribution in [0.1, 0.15) is 57.6 Å². The Morgan fingerprint density at radius 3 is 1.42 bits per heavy atom. The molecule has 0 fully saturated rings. The molecule has 0 aliphatic carbocycles. The van der Waals surface area contributed by atoms with Gasteiger partial charge in [-0.25, -0.2) is 0 Å². The maximum absolute atomic E-state index is 6.17. The van der Waals surface area contributed by atoms with Crippen LogP contribution in [0.4, 0.5) is 0 Å². The normalized spacial score (nSPS) is 13.0. The Bertz CT molecular complexity index is 2630. The van der Waals surface area contributed by atoms with Crippen LogP contribution < -0.4 is 10.4 Å². The average Bonchev–Trinajstić information content (AvgIpc) is 3.86. The molecule has 0 saturated carbocycles. The Balaban J connectivity index is 0.00000176. The molecule has 0 aliphatic heterocycles. The van der Waals surface area contributed by atoms with Gasteiger partial charge in [0.05, 0.1) is 21.7 Å². The molecule has 9 heteroatoms. The number of fused-ring (bicyclic) bond motifs is 10. The molecule has 3 nitrogen and oxygen atoms in total. The standard InChI is InChI=1S/C51H66N2OSi3.2ClH.Zr/c1-35-25-27-43-41(31-35)45-47(52(43)33-55(6,7)8)37-21-15-17-23-39(37)49(45)57(12,30-20-14-13-19-29-54-51(3,4)5)50-40-24-18-16-22-38(40)48-46(50)42-32-36(2)26-28-44(42)53(48)34-56(9,10)11;;;/h15-18,21-28,31-32H,13-14,19-20,29-30,33-34H2,1-12H3;2*1H;/q-2;;;+4/p-2. The molecule has 60 heavy (non-hydrogen) atoms. The molecular formula is C51H66Cl2N2OSi3Zr. The molecule has 316 valence electrons. The molecule has 0 aliphatic rings. The van der Waals surface area contributed by atoms with Gasteiger partial charge in [0.25, 0.3) is 0 Å². The summed E-state index contributed by atoms with van der Waals surface area (Å²) in [5.41, 5.74) is 8.39. The second-order valence-corrected chi connectivity index (χ2v) is 39.9. The first-order valence-corrected chi connectivity index (χ1v) is 38.5. The van der Waals surface area contributed by atoms with Gasteiger partial charge in [-0.3, -0.25) is 0 Å². The van der Waals surface area contributed by atoms with Crippen molar-refractivity contribution < 1.29 is 25.6 Å². The summed E-state index contributed by atoms with van der Waals surface area (Å²) >= 11 is -0.826.